The molecule has 0 spiro atoms. The van der Waals surface area contributed by atoms with Gasteiger partial charge in [0.1, 0.15) is 43.7 Å². The van der Waals surface area contributed by atoms with E-state index in [1.165, 1.54) is 0 Å². The van der Waals surface area contributed by atoms with Gasteiger partial charge in [0.15, 0.2) is 8.32 Å². The van der Waals surface area contributed by atoms with E-state index in [0.717, 1.165) is 11.1 Å². The highest BCUT2D eigenvalue weighted by Gasteiger charge is 2.43. The Morgan fingerprint density at radius 3 is 1.47 bits per heavy atom. The molecule has 0 radical (unpaired) electrons. The van der Waals surface area contributed by atoms with E-state index in [9.17, 15) is 31.1 Å². The van der Waals surface area contributed by atoms with Gasteiger partial charge in [-0.1, -0.05) is 96.6 Å². The van der Waals surface area contributed by atoms with E-state index >= 15 is 0 Å². The molecule has 6 nitrogen and oxygen atoms in total. The van der Waals surface area contributed by atoms with Crippen LogP contribution in [0.2, 0.25) is 38.2 Å². The maximum atomic E-state index is 13.5. The topological polar surface area (TPSA) is 63.2 Å². The Balaban J connectivity index is 1.36. The van der Waals surface area contributed by atoms with Crippen molar-refractivity contribution in [3.05, 3.63) is 127 Å². The first-order valence-corrected chi connectivity index (χ1v) is 22.8. The van der Waals surface area contributed by atoms with Crippen LogP contribution in [0.15, 0.2) is 84.9 Å². The summed E-state index contributed by atoms with van der Waals surface area (Å²) in [7, 11) is -2.80. The molecule has 59 heavy (non-hydrogen) atoms. The predicted octanol–water partition coefficient (Wildman–Crippen LogP) is 14.1. The average Bonchev–Trinajstić information content (AvgIpc) is 3.15. The van der Waals surface area contributed by atoms with E-state index in [0.29, 0.717) is 42.7 Å². The highest BCUT2D eigenvalue weighted by atomic mass is 35.5. The monoisotopic (exact) mass is 926 g/mol. The molecule has 4 aromatic carbocycles. The lowest BCUT2D eigenvalue weighted by Crippen LogP contribution is -2.44. The largest absolute Gasteiger partial charge is 0.489 e. The van der Waals surface area contributed by atoms with Crippen LogP contribution in [0.25, 0.3) is 0 Å². The van der Waals surface area contributed by atoms with Crippen molar-refractivity contribution in [2.45, 2.75) is 89.0 Å². The van der Waals surface area contributed by atoms with Crippen molar-refractivity contribution in [3.63, 3.8) is 0 Å². The van der Waals surface area contributed by atoms with Gasteiger partial charge in [-0.2, -0.15) is 26.3 Å². The number of carbonyl (C=O) groups excluding carboxylic acids is 1. The number of alkyl halides is 6. The maximum Gasteiger partial charge on any atom is 0.411 e. The Morgan fingerprint density at radius 2 is 1.05 bits per heavy atom. The first kappa shape index (κ1) is 48.7. The molecule has 0 amide bonds. The van der Waals surface area contributed by atoms with Crippen LogP contribution in [-0.2, 0) is 31.9 Å². The second-order valence-corrected chi connectivity index (χ2v) is 21.3. The third-order valence-corrected chi connectivity index (χ3v) is 15.5. The van der Waals surface area contributed by atoms with Crippen molar-refractivity contribution in [2.24, 2.45) is 0 Å². The number of halogens is 10. The van der Waals surface area contributed by atoms with E-state index in [-0.39, 0.29) is 44.9 Å². The van der Waals surface area contributed by atoms with Crippen LogP contribution in [0, 0.1) is 0 Å². The average molecular weight is 929 g/mol. The summed E-state index contributed by atoms with van der Waals surface area (Å²) in [6.45, 7) is 4.75. The van der Waals surface area contributed by atoms with Crippen molar-refractivity contribution < 1.29 is 54.5 Å². The molecule has 0 heterocycles. The van der Waals surface area contributed by atoms with E-state index in [1.54, 1.807) is 84.9 Å². The molecule has 0 saturated carbocycles. The summed E-state index contributed by atoms with van der Waals surface area (Å²) in [4.78, 5) is 13.5. The van der Waals surface area contributed by atoms with Crippen LogP contribution in [0.5, 0.6) is 11.5 Å². The van der Waals surface area contributed by atoms with E-state index in [1.807, 2.05) is 26.9 Å². The molecule has 0 aliphatic rings. The van der Waals surface area contributed by atoms with Crippen molar-refractivity contribution in [3.8, 4) is 11.5 Å². The molecule has 17 heteroatoms. The first-order chi connectivity index (χ1) is 27.5. The fourth-order valence-electron chi connectivity index (χ4n) is 5.76. The number of hydrogen-bond acceptors (Lipinski definition) is 6. The minimum atomic E-state index is -4.63. The predicted molar refractivity (Wildman–Crippen MR) is 220 cm³/mol. The Kier molecular flexibility index (Phi) is 17.5. The summed E-state index contributed by atoms with van der Waals surface area (Å²) < 4.78 is 108. The Bertz CT molecular complexity index is 1980. The summed E-state index contributed by atoms with van der Waals surface area (Å²) >= 11 is 24.1. The smallest absolute Gasteiger partial charge is 0.411 e. The molecule has 2 unspecified atom stereocenters. The van der Waals surface area contributed by atoms with Gasteiger partial charge < -0.3 is 23.4 Å². The number of hydrogen-bond donors (Lipinski definition) is 0. The fraction of sp³-hybridized carbons (Fsp3) is 0.405. The summed E-state index contributed by atoms with van der Waals surface area (Å²) in [5.74, 6) is 0.554. The first-order valence-electron chi connectivity index (χ1n) is 18.4. The van der Waals surface area contributed by atoms with Crippen molar-refractivity contribution in [1.29, 1.82) is 0 Å². The SMILES string of the molecule is CC(C)(CC(=O)CC(OCC(F)(F)F)c1ccc(OCc2ccc(Cl)c(Cl)c2)cc1)[Si](C)(C)OCCC(OCC(F)(F)F)c1ccc(OCc2ccc(Cl)c(Cl)c2)cc1. The van der Waals surface area contributed by atoms with Gasteiger partial charge in [-0.05, 0) is 95.3 Å². The molecule has 322 valence electrons. The molecular formula is C42H44Cl4F6O6Si. The molecule has 0 saturated heterocycles. The second-order valence-electron chi connectivity index (χ2n) is 15.0. The van der Waals surface area contributed by atoms with Crippen molar-refractivity contribution in [1.82, 2.24) is 0 Å². The number of benzene rings is 4. The highest BCUT2D eigenvalue weighted by molar-refractivity contribution is 6.74. The van der Waals surface area contributed by atoms with Crippen LogP contribution in [0.3, 0.4) is 0 Å². The molecule has 0 N–H and O–H groups in total. The Hall–Kier alpha value is -3.01. The fourth-order valence-corrected chi connectivity index (χ4v) is 8.04. The molecule has 4 aromatic rings. The zero-order valence-electron chi connectivity index (χ0n) is 32.6. The molecule has 0 bridgehead atoms. The summed E-state index contributed by atoms with van der Waals surface area (Å²) in [6.07, 6.45) is -11.7. The standard InChI is InChI=1S/C42H44Cl4F6O6Si/c1-40(2,22-31(53)21-39(57-26-42(50,51)52)30-9-13-33(14-10-30)55-24-28-6-16-35(44)37(46)20-28)59(3,4)58-18-17-38(56-25-41(47,48)49)29-7-11-32(12-8-29)54-23-27-5-15-34(43)36(45)19-27/h5-16,19-20,38-39H,17-18,21-26H2,1-4H3. The Morgan fingerprint density at radius 1 is 0.627 bits per heavy atom. The molecule has 0 aliphatic carbocycles. The molecule has 4 rings (SSSR count). The summed E-state index contributed by atoms with van der Waals surface area (Å²) in [5, 5.41) is 0.804. The van der Waals surface area contributed by atoms with Gasteiger partial charge in [-0.3, -0.25) is 4.79 Å². The van der Waals surface area contributed by atoms with Gasteiger partial charge in [0.25, 0.3) is 0 Å². The van der Waals surface area contributed by atoms with Crippen LogP contribution >= 0.6 is 46.4 Å². The molecular weight excluding hydrogens is 884 g/mol. The normalized spacial score (nSPS) is 13.6. The number of Topliss-reactive ketones (excluding diaryl/α,β-unsaturated/α-hetero) is 1. The van der Waals surface area contributed by atoms with Gasteiger partial charge in [-0.25, -0.2) is 0 Å². The second kappa shape index (κ2) is 21.2. The molecule has 0 fully saturated rings. The van der Waals surface area contributed by atoms with Crippen molar-refractivity contribution in [2.75, 3.05) is 19.8 Å². The lowest BCUT2D eigenvalue weighted by molar-refractivity contribution is -0.187. The quantitative estimate of drug-likeness (QED) is 0.0613. The summed E-state index contributed by atoms with van der Waals surface area (Å²) in [5.41, 5.74) is 2.35. The van der Waals surface area contributed by atoms with Crippen LogP contribution in [-0.4, -0.2) is 46.3 Å². The van der Waals surface area contributed by atoms with Crippen LogP contribution < -0.4 is 9.47 Å². The van der Waals surface area contributed by atoms with Crippen LogP contribution in [0.1, 0.15) is 67.6 Å². The third-order valence-electron chi connectivity index (χ3n) is 9.70. The maximum absolute atomic E-state index is 13.5. The van der Waals surface area contributed by atoms with Gasteiger partial charge in [0.2, 0.25) is 0 Å². The van der Waals surface area contributed by atoms with E-state index < -0.39 is 51.1 Å². The zero-order chi connectivity index (χ0) is 43.6. The summed E-state index contributed by atoms with van der Waals surface area (Å²) in [6, 6.07) is 22.8. The Labute approximate surface area is 361 Å². The zero-order valence-corrected chi connectivity index (χ0v) is 36.6. The molecule has 0 aliphatic heterocycles. The van der Waals surface area contributed by atoms with Gasteiger partial charge >= 0.3 is 12.4 Å². The number of rotatable bonds is 21. The number of carbonyl (C=O) groups is 1. The molecule has 2 atom stereocenters. The van der Waals surface area contributed by atoms with Gasteiger partial charge in [0, 0.05) is 19.4 Å². The van der Waals surface area contributed by atoms with E-state index in [2.05, 4.69) is 0 Å². The number of ketones is 1. The van der Waals surface area contributed by atoms with E-state index in [4.69, 9.17) is 69.8 Å². The lowest BCUT2D eigenvalue weighted by atomic mass is 9.98. The molecule has 0 aromatic heterocycles. The van der Waals surface area contributed by atoms with Crippen LogP contribution in [0.4, 0.5) is 26.3 Å². The lowest BCUT2D eigenvalue weighted by Gasteiger charge is -2.39. The minimum absolute atomic E-state index is 0.0196. The van der Waals surface area contributed by atoms with Gasteiger partial charge in [-0.15, -0.1) is 0 Å². The van der Waals surface area contributed by atoms with Crippen molar-refractivity contribution >= 4 is 60.5 Å². The van der Waals surface area contributed by atoms with Gasteiger partial charge in [0.05, 0.1) is 32.3 Å². The minimum Gasteiger partial charge on any atom is -0.489 e. The highest BCUT2D eigenvalue weighted by Crippen LogP contribution is 2.43. The third kappa shape index (κ3) is 16.1. The number of ether oxygens (including phenoxy) is 4.